The lowest BCUT2D eigenvalue weighted by Crippen LogP contribution is -2.30. The molecule has 0 aliphatic carbocycles. The van der Waals surface area contributed by atoms with Crippen molar-refractivity contribution in [3.05, 3.63) is 36.4 Å². The Morgan fingerprint density at radius 2 is 1.69 bits per heavy atom. The molecule has 0 radical (unpaired) electrons. The average molecular weight is 476 g/mol. The number of amidine groups is 1. The molecule has 0 atom stereocenters. The number of hydrogen-bond donors (Lipinski definition) is 1. The molecule has 168 valence electrons. The zero-order chi connectivity index (χ0) is 22.9. The van der Waals surface area contributed by atoms with E-state index in [1.807, 2.05) is 0 Å². The van der Waals surface area contributed by atoms with Gasteiger partial charge in [0.25, 0.3) is 0 Å². The van der Waals surface area contributed by atoms with Crippen molar-refractivity contribution >= 4 is 33.1 Å². The minimum absolute atomic E-state index is 0.248. The van der Waals surface area contributed by atoms with Gasteiger partial charge in [-0.15, -0.1) is 10.2 Å². The van der Waals surface area contributed by atoms with Crippen molar-refractivity contribution in [3.8, 4) is 28.6 Å². The summed E-state index contributed by atoms with van der Waals surface area (Å²) in [4.78, 5) is 4.84. The fourth-order valence-electron chi connectivity index (χ4n) is 3.14. The smallest absolute Gasteiger partial charge is 0.211 e. The van der Waals surface area contributed by atoms with Gasteiger partial charge in [0, 0.05) is 11.8 Å². The number of aliphatic imine (C=N–C) groups is 1. The highest BCUT2D eigenvalue weighted by atomic mass is 32.2. The zero-order valence-electron chi connectivity index (χ0n) is 17.8. The molecule has 0 bridgehead atoms. The third kappa shape index (κ3) is 4.23. The summed E-state index contributed by atoms with van der Waals surface area (Å²) in [6.45, 7) is 0. The second kappa shape index (κ2) is 8.71. The van der Waals surface area contributed by atoms with Gasteiger partial charge in [0.1, 0.15) is 5.84 Å². The molecule has 1 aliphatic rings. The molecule has 0 unspecified atom stereocenters. The molecular weight excluding hydrogens is 454 g/mol. The van der Waals surface area contributed by atoms with Crippen LogP contribution in [-0.2, 0) is 9.84 Å². The number of fused-ring (bicyclic) bond motifs is 1. The third-order valence-corrected chi connectivity index (χ3v) is 6.73. The second-order valence-corrected chi connectivity index (χ2v) is 9.74. The lowest BCUT2D eigenvalue weighted by atomic mass is 10.1. The number of hydrogen-bond acceptors (Lipinski definition) is 9. The Morgan fingerprint density at radius 1 is 1.03 bits per heavy atom. The predicted octanol–water partition coefficient (Wildman–Crippen LogP) is 2.75. The van der Waals surface area contributed by atoms with E-state index < -0.39 is 9.84 Å². The summed E-state index contributed by atoms with van der Waals surface area (Å²) in [5.74, 6) is 3.26. The summed E-state index contributed by atoms with van der Waals surface area (Å²) < 4.78 is 41.3. The number of methoxy groups -OCH3 is 3. The van der Waals surface area contributed by atoms with Crippen LogP contribution < -0.4 is 19.6 Å². The Labute approximate surface area is 189 Å². The van der Waals surface area contributed by atoms with Crippen LogP contribution in [0.15, 0.2) is 51.4 Å². The summed E-state index contributed by atoms with van der Waals surface area (Å²) in [7, 11) is 1.39. The van der Waals surface area contributed by atoms with Crippen molar-refractivity contribution in [1.29, 1.82) is 0 Å². The minimum Gasteiger partial charge on any atom is -0.493 e. The molecule has 0 amide bonds. The fourth-order valence-corrected chi connectivity index (χ4v) is 4.52. The number of sulfone groups is 1. The first-order valence-corrected chi connectivity index (χ1v) is 12.2. The van der Waals surface area contributed by atoms with Gasteiger partial charge in [-0.25, -0.2) is 18.1 Å². The van der Waals surface area contributed by atoms with E-state index in [-0.39, 0.29) is 4.90 Å². The number of thioether (sulfide) groups is 1. The average Bonchev–Trinajstić information content (AvgIpc) is 3.21. The lowest BCUT2D eigenvalue weighted by molar-refractivity contribution is 0.324. The summed E-state index contributed by atoms with van der Waals surface area (Å²) in [6.07, 6.45) is 1.17. The summed E-state index contributed by atoms with van der Waals surface area (Å²) in [5.41, 5.74) is 4.57. The number of rotatable bonds is 6. The van der Waals surface area contributed by atoms with Crippen LogP contribution in [0.2, 0.25) is 0 Å². The number of benzene rings is 2. The Morgan fingerprint density at radius 3 is 2.25 bits per heavy atom. The van der Waals surface area contributed by atoms with Crippen LogP contribution in [-0.4, -0.2) is 62.5 Å². The van der Waals surface area contributed by atoms with E-state index in [0.717, 1.165) is 0 Å². The summed E-state index contributed by atoms with van der Waals surface area (Å²) >= 11 is 1.48. The Hall–Kier alpha value is -3.25. The van der Waals surface area contributed by atoms with Crippen LogP contribution in [0.3, 0.4) is 0 Å². The van der Waals surface area contributed by atoms with E-state index in [4.69, 9.17) is 14.2 Å². The maximum Gasteiger partial charge on any atom is 0.211 e. The van der Waals surface area contributed by atoms with Crippen LogP contribution in [0.4, 0.5) is 5.69 Å². The van der Waals surface area contributed by atoms with Crippen molar-refractivity contribution < 1.29 is 22.6 Å². The highest BCUT2D eigenvalue weighted by molar-refractivity contribution is 7.99. The highest BCUT2D eigenvalue weighted by Gasteiger charge is 2.23. The van der Waals surface area contributed by atoms with Crippen LogP contribution >= 0.6 is 11.8 Å². The highest BCUT2D eigenvalue weighted by Crippen LogP contribution is 2.41. The van der Waals surface area contributed by atoms with Crippen LogP contribution in [0.25, 0.3) is 11.4 Å². The van der Waals surface area contributed by atoms with E-state index in [0.29, 0.717) is 51.1 Å². The standard InChI is InChI=1S/C20H21N5O5S2/c1-28-15-9-12(10-16(29-2)18(15)30-3)19-22-23-20-25(19)24-17(11-31-20)21-13-5-7-14(8-6-13)32(4,26)27/h5-10H,11H2,1-4H3,(H,21,24). The molecule has 1 aliphatic heterocycles. The van der Waals surface area contributed by atoms with Gasteiger partial charge in [-0.05, 0) is 36.4 Å². The van der Waals surface area contributed by atoms with Gasteiger partial charge in [0.2, 0.25) is 10.9 Å². The van der Waals surface area contributed by atoms with Crippen LogP contribution in [0, 0.1) is 0 Å². The van der Waals surface area contributed by atoms with Crippen molar-refractivity contribution in [1.82, 2.24) is 14.9 Å². The second-order valence-electron chi connectivity index (χ2n) is 6.78. The van der Waals surface area contributed by atoms with E-state index in [9.17, 15) is 8.42 Å². The fraction of sp³-hybridized carbons (Fsp3) is 0.250. The molecule has 0 fully saturated rings. The third-order valence-electron chi connectivity index (χ3n) is 4.66. The molecule has 1 N–H and O–H groups in total. The lowest BCUT2D eigenvalue weighted by Gasteiger charge is -2.19. The molecule has 10 nitrogen and oxygen atoms in total. The van der Waals surface area contributed by atoms with E-state index >= 15 is 0 Å². The van der Waals surface area contributed by atoms with Gasteiger partial charge in [-0.3, -0.25) is 5.43 Å². The quantitative estimate of drug-likeness (QED) is 0.574. The monoisotopic (exact) mass is 475 g/mol. The van der Waals surface area contributed by atoms with E-state index in [1.165, 1.54) is 30.2 Å². The van der Waals surface area contributed by atoms with Crippen molar-refractivity contribution in [2.24, 2.45) is 4.99 Å². The largest absolute Gasteiger partial charge is 0.493 e. The zero-order valence-corrected chi connectivity index (χ0v) is 19.5. The molecular formula is C20H21N5O5S2. The van der Waals surface area contributed by atoms with Crippen molar-refractivity contribution in [2.45, 2.75) is 10.1 Å². The van der Waals surface area contributed by atoms with Crippen LogP contribution in [0.5, 0.6) is 17.2 Å². The molecule has 0 spiro atoms. The molecule has 3 aromatic rings. The number of nitrogens with one attached hydrogen (secondary N) is 1. The Bertz CT molecular complexity index is 1260. The number of aromatic nitrogens is 3. The van der Waals surface area contributed by atoms with Gasteiger partial charge >= 0.3 is 0 Å². The summed E-state index contributed by atoms with van der Waals surface area (Å²) in [5, 5.41) is 9.24. The van der Waals surface area contributed by atoms with E-state index in [1.54, 1.807) is 50.3 Å². The Balaban J connectivity index is 1.67. The predicted molar refractivity (Wildman–Crippen MR) is 122 cm³/mol. The van der Waals surface area contributed by atoms with Gasteiger partial charge in [-0.1, -0.05) is 11.8 Å². The minimum atomic E-state index is -3.26. The maximum absolute atomic E-state index is 11.7. The molecule has 2 aromatic carbocycles. The maximum atomic E-state index is 11.7. The van der Waals surface area contributed by atoms with Gasteiger partial charge < -0.3 is 14.2 Å². The molecule has 4 rings (SSSR count). The molecule has 0 saturated heterocycles. The van der Waals surface area contributed by atoms with Gasteiger partial charge in [0.05, 0.1) is 37.7 Å². The van der Waals surface area contributed by atoms with Crippen LogP contribution in [0.1, 0.15) is 0 Å². The van der Waals surface area contributed by atoms with Gasteiger partial charge in [-0.2, -0.15) is 0 Å². The molecule has 2 heterocycles. The SMILES string of the molecule is COc1cc(-c2nnc3n2NC(=Nc2ccc(S(C)(=O)=O)cc2)CS3)cc(OC)c1OC. The normalized spacial score (nSPS) is 14.6. The Kier molecular flexibility index (Phi) is 5.98. The molecule has 32 heavy (non-hydrogen) atoms. The van der Waals surface area contributed by atoms with Crippen molar-refractivity contribution in [2.75, 3.05) is 38.8 Å². The first kappa shape index (κ1) is 22.0. The molecule has 0 saturated carbocycles. The first-order chi connectivity index (χ1) is 15.3. The number of ether oxygens (including phenoxy) is 3. The van der Waals surface area contributed by atoms with E-state index in [2.05, 4.69) is 20.6 Å². The topological polar surface area (TPSA) is 117 Å². The molecule has 12 heteroatoms. The number of nitrogens with zero attached hydrogens (tertiary/aromatic N) is 4. The van der Waals surface area contributed by atoms with Crippen molar-refractivity contribution in [3.63, 3.8) is 0 Å². The van der Waals surface area contributed by atoms with Gasteiger partial charge in [0.15, 0.2) is 27.2 Å². The molecule has 1 aromatic heterocycles. The first-order valence-electron chi connectivity index (χ1n) is 9.37. The summed E-state index contributed by atoms with van der Waals surface area (Å²) in [6, 6.07) is 9.99.